The van der Waals surface area contributed by atoms with E-state index in [0.717, 1.165) is 0 Å². The van der Waals surface area contributed by atoms with Crippen LogP contribution in [0.3, 0.4) is 0 Å². The summed E-state index contributed by atoms with van der Waals surface area (Å²) >= 11 is 2.91. The Hall–Kier alpha value is -1.04. The number of aromatic nitrogens is 1. The van der Waals surface area contributed by atoms with Crippen molar-refractivity contribution in [3.63, 3.8) is 0 Å². The molecule has 0 aliphatic heterocycles. The largest absolute Gasteiger partial charge is 0.478 e. The lowest BCUT2D eigenvalue weighted by atomic mass is 10.2. The van der Waals surface area contributed by atoms with E-state index >= 15 is 0 Å². The van der Waals surface area contributed by atoms with Crippen LogP contribution in [-0.4, -0.2) is 16.1 Å². The fraction of sp³-hybridized carbons (Fsp3) is 0.250. The molecule has 1 rings (SSSR count). The molecule has 6 heteroatoms. The van der Waals surface area contributed by atoms with E-state index in [1.807, 2.05) is 0 Å². The molecule has 0 saturated heterocycles. The van der Waals surface area contributed by atoms with Crippen LogP contribution in [0.4, 0.5) is 8.78 Å². The highest BCUT2D eigenvalue weighted by Crippen LogP contribution is 2.27. The Balaban J connectivity index is 3.44. The monoisotopic (exact) mass is 265 g/mol. The van der Waals surface area contributed by atoms with Gasteiger partial charge in [0.05, 0.1) is 0 Å². The quantitative estimate of drug-likeness (QED) is 0.895. The summed E-state index contributed by atoms with van der Waals surface area (Å²) in [7, 11) is 0. The third-order valence-corrected chi connectivity index (χ3v) is 2.17. The van der Waals surface area contributed by atoms with E-state index in [0.29, 0.717) is 5.69 Å². The first-order valence-corrected chi connectivity index (χ1v) is 4.41. The normalized spacial score (nSPS) is 10.6. The van der Waals surface area contributed by atoms with Crippen LogP contribution >= 0.6 is 15.9 Å². The Morgan fingerprint density at radius 1 is 1.64 bits per heavy atom. The minimum absolute atomic E-state index is 0.118. The van der Waals surface area contributed by atoms with Gasteiger partial charge in [0.25, 0.3) is 6.43 Å². The zero-order chi connectivity index (χ0) is 10.9. The second-order valence-electron chi connectivity index (χ2n) is 2.61. The fourth-order valence-electron chi connectivity index (χ4n) is 1.03. The Labute approximate surface area is 86.9 Å². The molecule has 3 nitrogen and oxygen atoms in total. The van der Waals surface area contributed by atoms with Crippen molar-refractivity contribution in [3.8, 4) is 0 Å². The zero-order valence-electron chi connectivity index (χ0n) is 7.09. The van der Waals surface area contributed by atoms with E-state index in [1.165, 1.54) is 13.0 Å². The van der Waals surface area contributed by atoms with Gasteiger partial charge in [0.15, 0.2) is 0 Å². The number of pyridine rings is 1. The number of alkyl halides is 2. The standard InChI is InChI=1S/C8H6BrF2NO2/c1-3-2-4(9)5(8(13)14)6(12-3)7(10)11/h2,7H,1H3,(H,13,14). The maximum absolute atomic E-state index is 12.4. The Morgan fingerprint density at radius 2 is 2.21 bits per heavy atom. The molecule has 1 heterocycles. The molecule has 1 aromatic rings. The maximum atomic E-state index is 12.4. The van der Waals surface area contributed by atoms with Crippen LogP contribution in [0, 0.1) is 6.92 Å². The minimum atomic E-state index is -2.89. The molecule has 0 aliphatic rings. The number of carbonyl (C=O) groups is 1. The highest BCUT2D eigenvalue weighted by atomic mass is 79.9. The van der Waals surface area contributed by atoms with Crippen molar-refractivity contribution in [1.82, 2.24) is 4.98 Å². The number of halogens is 3. The first kappa shape index (κ1) is 11.0. The molecule has 0 aliphatic carbocycles. The molecular formula is C8H6BrF2NO2. The molecule has 0 saturated carbocycles. The summed E-state index contributed by atoms with van der Waals surface area (Å²) in [5, 5.41) is 8.68. The van der Waals surface area contributed by atoms with Crippen LogP contribution in [-0.2, 0) is 0 Å². The van der Waals surface area contributed by atoms with Crippen molar-refractivity contribution in [3.05, 3.63) is 27.5 Å². The van der Waals surface area contributed by atoms with Crippen LogP contribution in [0.15, 0.2) is 10.5 Å². The molecule has 14 heavy (non-hydrogen) atoms. The van der Waals surface area contributed by atoms with Gasteiger partial charge in [0.2, 0.25) is 0 Å². The Morgan fingerprint density at radius 3 is 2.64 bits per heavy atom. The maximum Gasteiger partial charge on any atom is 0.338 e. The first-order valence-electron chi connectivity index (χ1n) is 3.62. The summed E-state index contributed by atoms with van der Waals surface area (Å²) in [6.07, 6.45) is -2.89. The number of hydrogen-bond donors (Lipinski definition) is 1. The smallest absolute Gasteiger partial charge is 0.338 e. The average molecular weight is 266 g/mol. The van der Waals surface area contributed by atoms with Crippen LogP contribution < -0.4 is 0 Å². The highest BCUT2D eigenvalue weighted by molar-refractivity contribution is 9.10. The number of rotatable bonds is 2. The van der Waals surface area contributed by atoms with Crippen LogP contribution in [0.5, 0.6) is 0 Å². The van der Waals surface area contributed by atoms with E-state index in [1.54, 1.807) is 0 Å². The number of carboxylic acids is 1. The molecule has 1 N–H and O–H groups in total. The second kappa shape index (κ2) is 4.00. The van der Waals surface area contributed by atoms with Gasteiger partial charge in [-0.05, 0) is 28.9 Å². The van der Waals surface area contributed by atoms with Crippen LogP contribution in [0.1, 0.15) is 28.2 Å². The van der Waals surface area contributed by atoms with Crippen molar-refractivity contribution in [2.45, 2.75) is 13.3 Å². The summed E-state index contributed by atoms with van der Waals surface area (Å²) in [4.78, 5) is 14.1. The summed E-state index contributed by atoms with van der Waals surface area (Å²) in [6, 6.07) is 1.38. The molecule has 0 aromatic carbocycles. The lowest BCUT2D eigenvalue weighted by Crippen LogP contribution is -2.07. The van der Waals surface area contributed by atoms with Gasteiger partial charge in [-0.1, -0.05) is 0 Å². The van der Waals surface area contributed by atoms with Gasteiger partial charge in [-0.25, -0.2) is 13.6 Å². The van der Waals surface area contributed by atoms with Crippen molar-refractivity contribution < 1.29 is 18.7 Å². The van der Waals surface area contributed by atoms with Crippen LogP contribution in [0.25, 0.3) is 0 Å². The SMILES string of the molecule is Cc1cc(Br)c(C(=O)O)c(C(F)F)n1. The molecule has 0 spiro atoms. The van der Waals surface area contributed by atoms with Gasteiger partial charge in [-0.2, -0.15) is 0 Å². The Bertz CT molecular complexity index is 382. The summed E-state index contributed by atoms with van der Waals surface area (Å²) in [5.41, 5.74) is -0.841. The number of hydrogen-bond acceptors (Lipinski definition) is 2. The van der Waals surface area contributed by atoms with Crippen LogP contribution in [0.2, 0.25) is 0 Å². The predicted octanol–water partition coefficient (Wildman–Crippen LogP) is 2.79. The lowest BCUT2D eigenvalue weighted by molar-refractivity contribution is 0.0681. The molecule has 1 aromatic heterocycles. The molecule has 0 fully saturated rings. The van der Waals surface area contributed by atoms with E-state index in [2.05, 4.69) is 20.9 Å². The Kier molecular flexibility index (Phi) is 3.15. The van der Waals surface area contributed by atoms with Gasteiger partial charge >= 0.3 is 5.97 Å². The van der Waals surface area contributed by atoms with Gasteiger partial charge in [-0.15, -0.1) is 0 Å². The van der Waals surface area contributed by atoms with Gasteiger partial charge in [-0.3, -0.25) is 4.98 Å². The number of carboxylic acid groups (broad SMARTS) is 1. The van der Waals surface area contributed by atoms with E-state index in [9.17, 15) is 13.6 Å². The first-order chi connectivity index (χ1) is 6.43. The van der Waals surface area contributed by atoms with Gasteiger partial charge in [0, 0.05) is 10.2 Å². The summed E-state index contributed by atoms with van der Waals surface area (Å²) in [6.45, 7) is 1.52. The van der Waals surface area contributed by atoms with Gasteiger partial charge in [0.1, 0.15) is 11.3 Å². The zero-order valence-corrected chi connectivity index (χ0v) is 8.68. The molecule has 0 amide bonds. The third kappa shape index (κ3) is 2.06. The predicted molar refractivity (Wildman–Crippen MR) is 48.6 cm³/mol. The van der Waals surface area contributed by atoms with Crippen molar-refractivity contribution >= 4 is 21.9 Å². The van der Waals surface area contributed by atoms with Crippen molar-refractivity contribution in [2.75, 3.05) is 0 Å². The number of aromatic carboxylic acids is 1. The molecule has 0 unspecified atom stereocenters. The van der Waals surface area contributed by atoms with Gasteiger partial charge < -0.3 is 5.11 Å². The van der Waals surface area contributed by atoms with E-state index in [-0.39, 0.29) is 4.47 Å². The third-order valence-electron chi connectivity index (χ3n) is 1.55. The molecule has 0 radical (unpaired) electrons. The minimum Gasteiger partial charge on any atom is -0.478 e. The molecule has 0 atom stereocenters. The number of aryl methyl sites for hydroxylation is 1. The molecule has 76 valence electrons. The molecular weight excluding hydrogens is 260 g/mol. The average Bonchev–Trinajstić information content (AvgIpc) is 2.01. The number of nitrogens with zero attached hydrogens (tertiary/aromatic N) is 1. The van der Waals surface area contributed by atoms with E-state index in [4.69, 9.17) is 5.11 Å². The second-order valence-corrected chi connectivity index (χ2v) is 3.47. The molecule has 0 bridgehead atoms. The van der Waals surface area contributed by atoms with Crippen molar-refractivity contribution in [1.29, 1.82) is 0 Å². The summed E-state index contributed by atoms with van der Waals surface area (Å²) in [5.74, 6) is -1.42. The lowest BCUT2D eigenvalue weighted by Gasteiger charge is -2.07. The highest BCUT2D eigenvalue weighted by Gasteiger charge is 2.22. The summed E-state index contributed by atoms with van der Waals surface area (Å²) < 4.78 is 24.9. The fourth-order valence-corrected chi connectivity index (χ4v) is 1.73. The van der Waals surface area contributed by atoms with E-state index < -0.39 is 23.7 Å². The van der Waals surface area contributed by atoms with Crippen molar-refractivity contribution in [2.24, 2.45) is 0 Å². The topological polar surface area (TPSA) is 50.2 Å².